The molecule has 0 radical (unpaired) electrons. The maximum Gasteiger partial charge on any atom is 0.416 e. The number of benzene rings is 1. The average Bonchev–Trinajstić information content (AvgIpc) is 2.44. The summed E-state index contributed by atoms with van der Waals surface area (Å²) in [6.07, 6.45) is -2.25. The Balaban J connectivity index is 3.42. The molecule has 0 heterocycles. The summed E-state index contributed by atoms with van der Waals surface area (Å²) in [6, 6.07) is 4.42. The molecule has 1 aromatic rings. The van der Waals surface area contributed by atoms with Gasteiger partial charge < -0.3 is 10.1 Å². The minimum absolute atomic E-state index is 0.0441. The minimum atomic E-state index is -4.59. The zero-order valence-corrected chi connectivity index (χ0v) is 14.0. The van der Waals surface area contributed by atoms with Gasteiger partial charge >= 0.3 is 6.18 Å². The summed E-state index contributed by atoms with van der Waals surface area (Å²) in [5.74, 6) is -0.0550. The highest BCUT2D eigenvalue weighted by Crippen LogP contribution is 2.35. The van der Waals surface area contributed by atoms with Crippen molar-refractivity contribution < 1.29 is 26.3 Å². The molecule has 126 valence electrons. The summed E-state index contributed by atoms with van der Waals surface area (Å²) in [5.41, 5.74) is -1.00. The number of halogens is 3. The Labute approximate surface area is 136 Å². The summed E-state index contributed by atoms with van der Waals surface area (Å²) < 4.78 is 66.5. The summed E-state index contributed by atoms with van der Waals surface area (Å²) in [4.78, 5) is -0.554. The summed E-state index contributed by atoms with van der Waals surface area (Å²) in [5, 5.41) is 11.4. The first-order chi connectivity index (χ1) is 10.5. The molecule has 0 fully saturated rings. The quantitative estimate of drug-likeness (QED) is 0.806. The maximum absolute atomic E-state index is 12.9. The van der Waals surface area contributed by atoms with Crippen LogP contribution in [0.4, 0.5) is 18.9 Å². The van der Waals surface area contributed by atoms with E-state index in [1.807, 2.05) is 0 Å². The Morgan fingerprint density at radius 2 is 1.96 bits per heavy atom. The lowest BCUT2D eigenvalue weighted by atomic mass is 10.2. The highest BCUT2D eigenvalue weighted by molar-refractivity contribution is 8.04. The molecule has 10 heteroatoms. The Bertz CT molecular complexity index is 766. The van der Waals surface area contributed by atoms with E-state index < -0.39 is 26.5 Å². The molecule has 0 aromatic heterocycles. The fraction of sp³-hybridized carbons (Fsp3) is 0.308. The lowest BCUT2D eigenvalue weighted by Gasteiger charge is -2.14. The number of thioether (sulfide) groups is 1. The highest BCUT2D eigenvalue weighted by Gasteiger charge is 2.31. The molecule has 0 atom stereocenters. The van der Waals surface area contributed by atoms with Crippen molar-refractivity contribution in [2.75, 3.05) is 24.9 Å². The van der Waals surface area contributed by atoms with Gasteiger partial charge in [0.25, 0.3) is 0 Å². The van der Waals surface area contributed by atoms with Gasteiger partial charge in [-0.2, -0.15) is 18.4 Å². The van der Waals surface area contributed by atoms with Crippen LogP contribution in [0.15, 0.2) is 28.1 Å². The first-order valence-electron chi connectivity index (χ1n) is 5.94. The molecule has 0 bridgehead atoms. The lowest BCUT2D eigenvalue weighted by Crippen LogP contribution is -2.09. The molecule has 0 saturated carbocycles. The molecule has 0 aliphatic carbocycles. The van der Waals surface area contributed by atoms with Gasteiger partial charge in [-0.1, -0.05) is 0 Å². The highest BCUT2D eigenvalue weighted by atomic mass is 32.2. The largest absolute Gasteiger partial charge is 0.497 e. The molecule has 0 aliphatic heterocycles. The molecule has 23 heavy (non-hydrogen) atoms. The van der Waals surface area contributed by atoms with Gasteiger partial charge in [-0.25, -0.2) is 8.42 Å². The van der Waals surface area contributed by atoms with E-state index >= 15 is 0 Å². The Morgan fingerprint density at radius 1 is 1.35 bits per heavy atom. The average molecular weight is 366 g/mol. The second-order valence-corrected chi connectivity index (χ2v) is 7.09. The molecular weight excluding hydrogens is 353 g/mol. The summed E-state index contributed by atoms with van der Waals surface area (Å²) in [6.45, 7) is 0. The monoisotopic (exact) mass is 366 g/mol. The zero-order chi connectivity index (χ0) is 17.8. The molecule has 0 amide bonds. The molecule has 5 nitrogen and oxygen atoms in total. The number of hydrogen-bond donors (Lipinski definition) is 1. The Hall–Kier alpha value is -1.86. The van der Waals surface area contributed by atoms with Crippen LogP contribution in [-0.4, -0.2) is 28.0 Å². The Morgan fingerprint density at radius 3 is 2.35 bits per heavy atom. The van der Waals surface area contributed by atoms with E-state index in [1.165, 1.54) is 19.4 Å². The third kappa shape index (κ3) is 5.07. The molecular formula is C13H13F3N2O3S2. The molecule has 0 spiro atoms. The smallest absolute Gasteiger partial charge is 0.416 e. The number of sulfone groups is 1. The van der Waals surface area contributed by atoms with Crippen LogP contribution in [0.2, 0.25) is 0 Å². The van der Waals surface area contributed by atoms with Crippen molar-refractivity contribution in [1.29, 1.82) is 5.26 Å². The van der Waals surface area contributed by atoms with Gasteiger partial charge in [0.1, 0.15) is 16.8 Å². The van der Waals surface area contributed by atoms with Crippen LogP contribution >= 0.6 is 11.8 Å². The first kappa shape index (κ1) is 19.2. The van der Waals surface area contributed by atoms with Crippen molar-refractivity contribution in [2.24, 2.45) is 0 Å². The Kier molecular flexibility index (Phi) is 5.96. The summed E-state index contributed by atoms with van der Waals surface area (Å²) >= 11 is 0.896. The normalized spacial score (nSPS) is 13.1. The summed E-state index contributed by atoms with van der Waals surface area (Å²) in [7, 11) is -2.61. The number of methoxy groups -OCH3 is 1. The predicted molar refractivity (Wildman–Crippen MR) is 82.6 cm³/mol. The first-order valence-corrected chi connectivity index (χ1v) is 9.06. The topological polar surface area (TPSA) is 79.2 Å². The van der Waals surface area contributed by atoms with Crippen LogP contribution in [0.3, 0.4) is 0 Å². The van der Waals surface area contributed by atoms with Crippen LogP contribution in [-0.2, 0) is 16.0 Å². The maximum atomic E-state index is 12.9. The number of allylic oxidation sites excluding steroid dienone is 1. The number of anilines is 1. The van der Waals surface area contributed by atoms with Crippen molar-refractivity contribution in [2.45, 2.75) is 6.18 Å². The van der Waals surface area contributed by atoms with Crippen molar-refractivity contribution >= 4 is 27.3 Å². The van der Waals surface area contributed by atoms with Crippen molar-refractivity contribution in [1.82, 2.24) is 0 Å². The van der Waals surface area contributed by atoms with Gasteiger partial charge in [0, 0.05) is 18.0 Å². The minimum Gasteiger partial charge on any atom is -0.497 e. The fourth-order valence-electron chi connectivity index (χ4n) is 1.59. The van der Waals surface area contributed by atoms with Gasteiger partial charge in [0.05, 0.1) is 12.7 Å². The number of hydrogen-bond acceptors (Lipinski definition) is 6. The number of nitrogens with zero attached hydrogens (tertiary/aromatic N) is 1. The van der Waals surface area contributed by atoms with E-state index in [0.717, 1.165) is 30.2 Å². The van der Waals surface area contributed by atoms with Gasteiger partial charge in [0.2, 0.25) is 0 Å². The van der Waals surface area contributed by atoms with E-state index in [4.69, 9.17) is 10.00 Å². The molecule has 1 rings (SSSR count). The van der Waals surface area contributed by atoms with Gasteiger partial charge in [-0.05, 0) is 18.4 Å². The van der Waals surface area contributed by atoms with E-state index in [0.29, 0.717) is 0 Å². The van der Waals surface area contributed by atoms with Gasteiger partial charge in [-0.15, -0.1) is 11.8 Å². The third-order valence-corrected chi connectivity index (χ3v) is 4.49. The second-order valence-electron chi connectivity index (χ2n) is 4.32. The van der Waals surface area contributed by atoms with E-state index in [-0.39, 0.29) is 16.5 Å². The number of ether oxygens (including phenoxy) is 1. The van der Waals surface area contributed by atoms with Crippen LogP contribution in [0.5, 0.6) is 5.75 Å². The van der Waals surface area contributed by atoms with Gasteiger partial charge in [-0.3, -0.25) is 0 Å². The van der Waals surface area contributed by atoms with E-state index in [9.17, 15) is 21.6 Å². The molecule has 1 N–H and O–H groups in total. The van der Waals surface area contributed by atoms with Crippen molar-refractivity contribution in [3.8, 4) is 11.8 Å². The molecule has 1 aromatic carbocycles. The number of rotatable bonds is 5. The number of nitriles is 1. The predicted octanol–water partition coefficient (Wildman–Crippen LogP) is 3.23. The fourth-order valence-corrected chi connectivity index (χ4v) is 3.30. The van der Waals surface area contributed by atoms with Crippen LogP contribution < -0.4 is 10.1 Å². The third-order valence-electron chi connectivity index (χ3n) is 2.61. The van der Waals surface area contributed by atoms with E-state index in [2.05, 4.69) is 5.32 Å². The zero-order valence-electron chi connectivity index (χ0n) is 12.4. The van der Waals surface area contributed by atoms with Crippen molar-refractivity contribution in [3.63, 3.8) is 0 Å². The SMILES string of the molecule is COc1cc(NC(SC)=C(C#N)S(C)(=O)=O)cc(C(F)(F)F)c1. The second kappa shape index (κ2) is 7.14. The van der Waals surface area contributed by atoms with Gasteiger partial charge in [0.15, 0.2) is 14.7 Å². The number of alkyl halides is 3. The van der Waals surface area contributed by atoms with Crippen LogP contribution in [0.1, 0.15) is 5.56 Å². The molecule has 0 saturated heterocycles. The lowest BCUT2D eigenvalue weighted by molar-refractivity contribution is -0.137. The molecule has 0 aliphatic rings. The number of nitrogens with one attached hydrogen (secondary N) is 1. The van der Waals surface area contributed by atoms with Crippen LogP contribution in [0, 0.1) is 11.3 Å². The standard InChI is InChI=1S/C13H13F3N2O3S2/c1-21-10-5-8(13(14,15)16)4-9(6-10)18-12(22-2)11(7-17)23(3,19)20/h4-6,18H,1-3H3. The van der Waals surface area contributed by atoms with E-state index in [1.54, 1.807) is 6.07 Å². The van der Waals surface area contributed by atoms with Crippen LogP contribution in [0.25, 0.3) is 0 Å². The van der Waals surface area contributed by atoms with Crippen molar-refractivity contribution in [3.05, 3.63) is 33.7 Å². The molecule has 0 unspecified atom stereocenters.